The Hall–Kier alpha value is -1.09. The molecule has 0 atom stereocenters. The Bertz CT molecular complexity index is 299. The van der Waals surface area contributed by atoms with E-state index in [1.807, 2.05) is 6.92 Å². The molecule has 1 rings (SSSR count). The van der Waals surface area contributed by atoms with Gasteiger partial charge in [0.15, 0.2) is 11.6 Å². The van der Waals surface area contributed by atoms with E-state index in [-0.39, 0.29) is 5.82 Å². The normalized spacial score (nSPS) is 10.2. The van der Waals surface area contributed by atoms with Gasteiger partial charge in [-0.05, 0) is 37.1 Å². The van der Waals surface area contributed by atoms with E-state index in [9.17, 15) is 4.39 Å². The summed E-state index contributed by atoms with van der Waals surface area (Å²) in [5, 5.41) is 0. The van der Waals surface area contributed by atoms with Crippen LogP contribution in [0.4, 0.5) is 4.39 Å². The highest BCUT2D eigenvalue weighted by molar-refractivity contribution is 5.36. The fourth-order valence-electron chi connectivity index (χ4n) is 1.29. The molecule has 2 nitrogen and oxygen atoms in total. The lowest BCUT2D eigenvalue weighted by Gasteiger charge is -2.08. The lowest BCUT2D eigenvalue weighted by Crippen LogP contribution is -2.05. The molecule has 3 heteroatoms. The average molecular weight is 183 g/mol. The summed E-state index contributed by atoms with van der Waals surface area (Å²) in [6.07, 6.45) is 0.546. The van der Waals surface area contributed by atoms with E-state index in [4.69, 9.17) is 10.5 Å². The molecular weight excluding hydrogens is 169 g/mol. The molecule has 0 saturated carbocycles. The Balaban J connectivity index is 3.11. The zero-order valence-corrected chi connectivity index (χ0v) is 7.93. The van der Waals surface area contributed by atoms with Crippen LogP contribution < -0.4 is 10.5 Å². The molecule has 13 heavy (non-hydrogen) atoms. The quantitative estimate of drug-likeness (QED) is 0.773. The van der Waals surface area contributed by atoms with Crippen molar-refractivity contribution in [2.45, 2.75) is 13.3 Å². The largest absolute Gasteiger partial charge is 0.494 e. The summed E-state index contributed by atoms with van der Waals surface area (Å²) in [6.45, 7) is 2.35. The first-order chi connectivity index (χ1) is 6.19. The van der Waals surface area contributed by atoms with E-state index in [1.165, 1.54) is 7.11 Å². The van der Waals surface area contributed by atoms with Gasteiger partial charge in [-0.1, -0.05) is 6.07 Å². The number of benzene rings is 1. The van der Waals surface area contributed by atoms with Crippen molar-refractivity contribution < 1.29 is 9.13 Å². The molecule has 0 heterocycles. The SMILES string of the molecule is COc1cc(C)cc(CCN)c1F. The number of aryl methyl sites for hydroxylation is 1. The maximum atomic E-state index is 13.5. The number of nitrogens with two attached hydrogens (primary N) is 1. The molecule has 0 fully saturated rings. The Morgan fingerprint density at radius 2 is 2.15 bits per heavy atom. The first kappa shape index (κ1) is 9.99. The second-order valence-electron chi connectivity index (χ2n) is 2.98. The van der Waals surface area contributed by atoms with Gasteiger partial charge in [0.05, 0.1) is 7.11 Å². The zero-order valence-electron chi connectivity index (χ0n) is 7.93. The lowest BCUT2D eigenvalue weighted by molar-refractivity contribution is 0.384. The van der Waals surface area contributed by atoms with Gasteiger partial charge in [-0.15, -0.1) is 0 Å². The summed E-state index contributed by atoms with van der Waals surface area (Å²) < 4.78 is 18.4. The van der Waals surface area contributed by atoms with Crippen LogP contribution in [0.1, 0.15) is 11.1 Å². The molecule has 0 aliphatic rings. The summed E-state index contributed by atoms with van der Waals surface area (Å²) in [6, 6.07) is 3.47. The molecule has 0 bridgehead atoms. The van der Waals surface area contributed by atoms with Gasteiger partial charge >= 0.3 is 0 Å². The third-order valence-electron chi connectivity index (χ3n) is 1.89. The van der Waals surface area contributed by atoms with Crippen LogP contribution in [0.25, 0.3) is 0 Å². The highest BCUT2D eigenvalue weighted by Gasteiger charge is 2.08. The minimum absolute atomic E-state index is 0.293. The van der Waals surface area contributed by atoms with E-state index in [0.29, 0.717) is 24.3 Å². The van der Waals surface area contributed by atoms with Crippen molar-refractivity contribution in [3.05, 3.63) is 29.1 Å². The van der Waals surface area contributed by atoms with Crippen molar-refractivity contribution >= 4 is 0 Å². The van der Waals surface area contributed by atoms with Crippen LogP contribution in [0, 0.1) is 12.7 Å². The van der Waals surface area contributed by atoms with Crippen LogP contribution in [0.2, 0.25) is 0 Å². The molecule has 0 aliphatic heterocycles. The number of methoxy groups -OCH3 is 1. The number of hydrogen-bond acceptors (Lipinski definition) is 2. The van der Waals surface area contributed by atoms with Crippen molar-refractivity contribution in [3.8, 4) is 5.75 Å². The Kier molecular flexibility index (Phi) is 3.25. The Morgan fingerprint density at radius 3 is 2.69 bits per heavy atom. The van der Waals surface area contributed by atoms with Crippen LogP contribution >= 0.6 is 0 Å². The van der Waals surface area contributed by atoms with Gasteiger partial charge < -0.3 is 10.5 Å². The zero-order chi connectivity index (χ0) is 9.84. The number of hydrogen-bond donors (Lipinski definition) is 1. The summed E-state index contributed by atoms with van der Waals surface area (Å²) >= 11 is 0. The molecule has 2 N–H and O–H groups in total. The van der Waals surface area contributed by atoms with Crippen molar-refractivity contribution in [3.63, 3.8) is 0 Å². The van der Waals surface area contributed by atoms with Gasteiger partial charge in [-0.3, -0.25) is 0 Å². The topological polar surface area (TPSA) is 35.2 Å². The van der Waals surface area contributed by atoms with Gasteiger partial charge in [0.25, 0.3) is 0 Å². The molecule has 0 spiro atoms. The fourth-order valence-corrected chi connectivity index (χ4v) is 1.29. The monoisotopic (exact) mass is 183 g/mol. The van der Waals surface area contributed by atoms with Crippen LogP contribution in [0.3, 0.4) is 0 Å². The average Bonchev–Trinajstić information content (AvgIpc) is 2.11. The van der Waals surface area contributed by atoms with E-state index in [0.717, 1.165) is 5.56 Å². The molecule has 0 unspecified atom stereocenters. The highest BCUT2D eigenvalue weighted by atomic mass is 19.1. The van der Waals surface area contributed by atoms with E-state index in [1.54, 1.807) is 12.1 Å². The molecule has 1 aromatic carbocycles. The van der Waals surface area contributed by atoms with E-state index in [2.05, 4.69) is 0 Å². The van der Waals surface area contributed by atoms with Crippen LogP contribution in [0.15, 0.2) is 12.1 Å². The first-order valence-corrected chi connectivity index (χ1v) is 4.22. The maximum absolute atomic E-state index is 13.5. The molecular formula is C10H14FNO. The molecule has 1 aromatic rings. The third-order valence-corrected chi connectivity index (χ3v) is 1.89. The molecule has 0 aromatic heterocycles. The smallest absolute Gasteiger partial charge is 0.168 e. The molecule has 72 valence electrons. The molecule has 0 saturated heterocycles. The number of ether oxygens (including phenoxy) is 1. The van der Waals surface area contributed by atoms with E-state index < -0.39 is 0 Å². The van der Waals surface area contributed by atoms with Crippen molar-refractivity contribution in [2.24, 2.45) is 5.73 Å². The van der Waals surface area contributed by atoms with Gasteiger partial charge in [-0.2, -0.15) is 0 Å². The minimum Gasteiger partial charge on any atom is -0.494 e. The molecule has 0 amide bonds. The standard InChI is InChI=1S/C10H14FNO/c1-7-5-8(3-4-12)10(11)9(6-7)13-2/h5-6H,3-4,12H2,1-2H3. The second-order valence-corrected chi connectivity index (χ2v) is 2.98. The van der Waals surface area contributed by atoms with Gasteiger partial charge in [-0.25, -0.2) is 4.39 Å². The fraction of sp³-hybridized carbons (Fsp3) is 0.400. The van der Waals surface area contributed by atoms with E-state index >= 15 is 0 Å². The molecule has 0 aliphatic carbocycles. The third kappa shape index (κ3) is 2.18. The molecule has 0 radical (unpaired) electrons. The predicted octanol–water partition coefficient (Wildman–Crippen LogP) is 1.64. The maximum Gasteiger partial charge on any atom is 0.168 e. The Labute approximate surface area is 77.5 Å². The lowest BCUT2D eigenvalue weighted by atomic mass is 10.1. The van der Waals surface area contributed by atoms with Crippen molar-refractivity contribution in [1.82, 2.24) is 0 Å². The first-order valence-electron chi connectivity index (χ1n) is 4.22. The van der Waals surface area contributed by atoms with Crippen LogP contribution in [-0.4, -0.2) is 13.7 Å². The van der Waals surface area contributed by atoms with Crippen molar-refractivity contribution in [1.29, 1.82) is 0 Å². The van der Waals surface area contributed by atoms with Gasteiger partial charge in [0, 0.05) is 0 Å². The van der Waals surface area contributed by atoms with Gasteiger partial charge in [0.1, 0.15) is 0 Å². The number of rotatable bonds is 3. The summed E-state index contributed by atoms with van der Waals surface area (Å²) in [7, 11) is 1.46. The summed E-state index contributed by atoms with van der Waals surface area (Å²) in [5.41, 5.74) is 6.98. The highest BCUT2D eigenvalue weighted by Crippen LogP contribution is 2.22. The van der Waals surface area contributed by atoms with Crippen LogP contribution in [-0.2, 0) is 6.42 Å². The summed E-state index contributed by atoms with van der Waals surface area (Å²) in [5.74, 6) is 0.00185. The van der Waals surface area contributed by atoms with Gasteiger partial charge in [0.2, 0.25) is 0 Å². The predicted molar refractivity (Wildman–Crippen MR) is 50.4 cm³/mol. The summed E-state index contributed by atoms with van der Waals surface area (Å²) in [4.78, 5) is 0. The minimum atomic E-state index is -0.293. The Morgan fingerprint density at radius 1 is 1.46 bits per heavy atom. The van der Waals surface area contributed by atoms with Crippen molar-refractivity contribution in [2.75, 3.05) is 13.7 Å². The second kappa shape index (κ2) is 4.23. The number of halogens is 1. The van der Waals surface area contributed by atoms with Crippen LogP contribution in [0.5, 0.6) is 5.75 Å².